The van der Waals surface area contributed by atoms with Crippen molar-refractivity contribution >= 4 is 11.9 Å². The minimum Gasteiger partial charge on any atom is -0.481 e. The van der Waals surface area contributed by atoms with Gasteiger partial charge < -0.3 is 10.4 Å². The van der Waals surface area contributed by atoms with Gasteiger partial charge in [0.05, 0.1) is 12.1 Å². The maximum Gasteiger partial charge on any atom is 0.306 e. The Morgan fingerprint density at radius 3 is 2.82 bits per heavy atom. The quantitative estimate of drug-likeness (QED) is 0.711. The highest BCUT2D eigenvalue weighted by molar-refractivity contribution is 5.80. The fraction of sp³-hybridized carbons (Fsp3) is 0.545. The number of aromatic nitrogens is 2. The van der Waals surface area contributed by atoms with E-state index in [1.165, 1.54) is 0 Å². The zero-order valence-electron chi connectivity index (χ0n) is 9.35. The molecule has 0 spiro atoms. The lowest BCUT2D eigenvalue weighted by Gasteiger charge is -2.09. The number of carboxylic acids is 1. The molecule has 0 saturated heterocycles. The molecule has 1 saturated carbocycles. The molecule has 3 N–H and O–H groups in total. The monoisotopic (exact) mass is 237 g/mol. The lowest BCUT2D eigenvalue weighted by Crippen LogP contribution is -2.29. The highest BCUT2D eigenvalue weighted by Crippen LogP contribution is 2.31. The van der Waals surface area contributed by atoms with Gasteiger partial charge in [0.2, 0.25) is 5.91 Å². The summed E-state index contributed by atoms with van der Waals surface area (Å²) in [6, 6.07) is 0. The number of nitrogens with zero attached hydrogens (tertiary/aromatic N) is 1. The Kier molecular flexibility index (Phi) is 3.41. The molecular formula is C11H15N3O3. The Bertz CT molecular complexity index is 402. The number of hydrogen-bond donors (Lipinski definition) is 3. The van der Waals surface area contributed by atoms with E-state index in [1.54, 1.807) is 12.4 Å². The van der Waals surface area contributed by atoms with Crippen molar-refractivity contribution in [3.8, 4) is 0 Å². The van der Waals surface area contributed by atoms with Crippen molar-refractivity contribution < 1.29 is 14.7 Å². The second-order valence-corrected chi connectivity index (χ2v) is 4.37. The lowest BCUT2D eigenvalue weighted by molar-refractivity contribution is -0.141. The molecule has 2 rings (SSSR count). The average molecular weight is 237 g/mol. The van der Waals surface area contributed by atoms with E-state index in [2.05, 4.69) is 15.5 Å². The SMILES string of the molecule is O=C(O)C1CCC(C(=O)NCc2cn[nH]c2)C1. The van der Waals surface area contributed by atoms with Gasteiger partial charge in [-0.2, -0.15) is 5.10 Å². The third-order valence-electron chi connectivity index (χ3n) is 3.17. The summed E-state index contributed by atoms with van der Waals surface area (Å²) in [5.41, 5.74) is 0.908. The van der Waals surface area contributed by atoms with Gasteiger partial charge in [-0.15, -0.1) is 0 Å². The van der Waals surface area contributed by atoms with Crippen molar-refractivity contribution in [2.75, 3.05) is 0 Å². The number of rotatable bonds is 4. The molecule has 0 bridgehead atoms. The summed E-state index contributed by atoms with van der Waals surface area (Å²) in [5.74, 6) is -1.38. The van der Waals surface area contributed by atoms with Crippen LogP contribution < -0.4 is 5.32 Å². The zero-order chi connectivity index (χ0) is 12.3. The summed E-state index contributed by atoms with van der Waals surface area (Å²) in [6.45, 7) is 0.434. The van der Waals surface area contributed by atoms with E-state index in [0.29, 0.717) is 25.8 Å². The van der Waals surface area contributed by atoms with E-state index < -0.39 is 5.97 Å². The normalized spacial score (nSPS) is 23.5. The van der Waals surface area contributed by atoms with E-state index in [1.807, 2.05) is 0 Å². The maximum atomic E-state index is 11.8. The van der Waals surface area contributed by atoms with Gasteiger partial charge in [0, 0.05) is 24.2 Å². The number of aromatic amines is 1. The molecular weight excluding hydrogens is 222 g/mol. The van der Waals surface area contributed by atoms with Crippen LogP contribution in [0.5, 0.6) is 0 Å². The highest BCUT2D eigenvalue weighted by Gasteiger charge is 2.33. The summed E-state index contributed by atoms with van der Waals surface area (Å²) in [7, 11) is 0. The molecule has 1 aliphatic carbocycles. The van der Waals surface area contributed by atoms with E-state index >= 15 is 0 Å². The molecule has 1 amide bonds. The smallest absolute Gasteiger partial charge is 0.306 e. The number of aliphatic carboxylic acids is 1. The summed E-state index contributed by atoms with van der Waals surface area (Å²) >= 11 is 0. The van der Waals surface area contributed by atoms with Crippen LogP contribution in [-0.4, -0.2) is 27.2 Å². The third-order valence-corrected chi connectivity index (χ3v) is 3.17. The Morgan fingerprint density at radius 1 is 1.47 bits per heavy atom. The van der Waals surface area contributed by atoms with Crippen molar-refractivity contribution in [1.29, 1.82) is 0 Å². The number of carbonyl (C=O) groups is 2. The second kappa shape index (κ2) is 4.99. The number of carboxylic acid groups (broad SMARTS) is 1. The van der Waals surface area contributed by atoms with Crippen LogP contribution in [-0.2, 0) is 16.1 Å². The number of amides is 1. The van der Waals surface area contributed by atoms with Gasteiger partial charge in [-0.25, -0.2) is 0 Å². The first-order chi connectivity index (χ1) is 8.16. The van der Waals surface area contributed by atoms with E-state index in [9.17, 15) is 9.59 Å². The maximum absolute atomic E-state index is 11.8. The summed E-state index contributed by atoms with van der Waals surface area (Å²) in [4.78, 5) is 22.5. The minimum absolute atomic E-state index is 0.0602. The van der Waals surface area contributed by atoms with Crippen LogP contribution in [0, 0.1) is 11.8 Å². The predicted octanol–water partition coefficient (Wildman–Crippen LogP) is 0.527. The van der Waals surface area contributed by atoms with Gasteiger partial charge in [0.25, 0.3) is 0 Å². The molecule has 1 aromatic rings. The third kappa shape index (κ3) is 2.83. The topological polar surface area (TPSA) is 95.1 Å². The molecule has 0 radical (unpaired) electrons. The number of hydrogen-bond acceptors (Lipinski definition) is 3. The molecule has 0 aliphatic heterocycles. The molecule has 2 unspecified atom stereocenters. The van der Waals surface area contributed by atoms with Crippen LogP contribution in [0.1, 0.15) is 24.8 Å². The highest BCUT2D eigenvalue weighted by atomic mass is 16.4. The summed E-state index contributed by atoms with van der Waals surface area (Å²) < 4.78 is 0. The second-order valence-electron chi connectivity index (χ2n) is 4.37. The molecule has 1 aliphatic rings. The van der Waals surface area contributed by atoms with Gasteiger partial charge in [0.1, 0.15) is 0 Å². The summed E-state index contributed by atoms with van der Waals surface area (Å²) in [5, 5.41) is 18.1. The molecule has 6 heteroatoms. The predicted molar refractivity (Wildman–Crippen MR) is 58.9 cm³/mol. The molecule has 2 atom stereocenters. The van der Waals surface area contributed by atoms with Crippen LogP contribution in [0.3, 0.4) is 0 Å². The van der Waals surface area contributed by atoms with Gasteiger partial charge in [-0.1, -0.05) is 0 Å². The Labute approximate surface area is 98.4 Å². The van der Waals surface area contributed by atoms with Crippen LogP contribution in [0.2, 0.25) is 0 Å². The largest absolute Gasteiger partial charge is 0.481 e. The van der Waals surface area contributed by atoms with E-state index in [0.717, 1.165) is 5.56 Å². The first-order valence-electron chi connectivity index (χ1n) is 5.65. The van der Waals surface area contributed by atoms with Crippen LogP contribution in [0.15, 0.2) is 12.4 Å². The number of H-pyrrole nitrogens is 1. The van der Waals surface area contributed by atoms with Gasteiger partial charge in [-0.3, -0.25) is 14.7 Å². The number of carbonyl (C=O) groups excluding carboxylic acids is 1. The van der Waals surface area contributed by atoms with Crippen molar-refractivity contribution in [3.63, 3.8) is 0 Å². The Hall–Kier alpha value is -1.85. The van der Waals surface area contributed by atoms with Crippen molar-refractivity contribution in [2.24, 2.45) is 11.8 Å². The summed E-state index contributed by atoms with van der Waals surface area (Å²) in [6.07, 6.45) is 5.07. The molecule has 92 valence electrons. The van der Waals surface area contributed by atoms with Crippen molar-refractivity contribution in [1.82, 2.24) is 15.5 Å². The fourth-order valence-electron chi connectivity index (χ4n) is 2.15. The van der Waals surface area contributed by atoms with Crippen LogP contribution in [0.25, 0.3) is 0 Å². The standard InChI is InChI=1S/C11H15N3O3/c15-10(12-4-7-5-13-14-6-7)8-1-2-9(3-8)11(16)17/h5-6,8-9H,1-4H2,(H,12,15)(H,13,14)(H,16,17). The number of nitrogens with one attached hydrogen (secondary N) is 2. The molecule has 1 heterocycles. The van der Waals surface area contributed by atoms with E-state index in [-0.39, 0.29) is 17.7 Å². The molecule has 1 aromatic heterocycles. The molecule has 1 fully saturated rings. The molecule has 17 heavy (non-hydrogen) atoms. The minimum atomic E-state index is -0.796. The van der Waals surface area contributed by atoms with Crippen molar-refractivity contribution in [3.05, 3.63) is 18.0 Å². The van der Waals surface area contributed by atoms with Crippen molar-refractivity contribution in [2.45, 2.75) is 25.8 Å². The Morgan fingerprint density at radius 2 is 2.24 bits per heavy atom. The lowest BCUT2D eigenvalue weighted by atomic mass is 10.0. The molecule has 0 aromatic carbocycles. The molecule has 6 nitrogen and oxygen atoms in total. The van der Waals surface area contributed by atoms with Crippen LogP contribution in [0.4, 0.5) is 0 Å². The van der Waals surface area contributed by atoms with Crippen LogP contribution >= 0.6 is 0 Å². The van der Waals surface area contributed by atoms with E-state index in [4.69, 9.17) is 5.11 Å². The fourth-order valence-corrected chi connectivity index (χ4v) is 2.15. The first kappa shape index (κ1) is 11.6. The van der Waals surface area contributed by atoms with Gasteiger partial charge in [0.15, 0.2) is 0 Å². The zero-order valence-corrected chi connectivity index (χ0v) is 9.35. The average Bonchev–Trinajstić information content (AvgIpc) is 2.96. The first-order valence-corrected chi connectivity index (χ1v) is 5.65. The Balaban J connectivity index is 1.79. The van der Waals surface area contributed by atoms with Gasteiger partial charge >= 0.3 is 5.97 Å². The van der Waals surface area contributed by atoms with Gasteiger partial charge in [-0.05, 0) is 19.3 Å².